The Bertz CT molecular complexity index is 197. The molecule has 1 radical (unpaired) electrons. The van der Waals surface area contributed by atoms with Gasteiger partial charge >= 0.3 is 19.5 Å². The van der Waals surface area contributed by atoms with Gasteiger partial charge in [0.1, 0.15) is 0 Å². The van der Waals surface area contributed by atoms with Crippen LogP contribution in [0.15, 0.2) is 18.2 Å². The summed E-state index contributed by atoms with van der Waals surface area (Å²) in [5.74, 6) is 0. The van der Waals surface area contributed by atoms with Crippen molar-refractivity contribution in [1.29, 1.82) is 0 Å². The molecule has 0 saturated carbocycles. The Morgan fingerprint density at radius 1 is 1.00 bits per heavy atom. The standard InChI is InChI=1S/C9H11N.2CH3.Ru.Y/c1-3-8-6-5-7-9(4-2)10-8;;;;/h5-7H,1-4H2;2*1H3;;/q-2;2*-1;+4;. The zero-order chi connectivity index (χ0) is 7.40. The Labute approximate surface area is 127 Å². The van der Waals surface area contributed by atoms with Crippen molar-refractivity contribution in [3.05, 3.63) is 58.3 Å². The van der Waals surface area contributed by atoms with E-state index in [-0.39, 0.29) is 67.0 Å². The number of pyridine rings is 1. The molecule has 0 unspecified atom stereocenters. The van der Waals surface area contributed by atoms with Gasteiger partial charge in [0.15, 0.2) is 0 Å². The van der Waals surface area contributed by atoms with Gasteiger partial charge in [0.25, 0.3) is 0 Å². The molecule has 0 fully saturated rings. The number of hydrogen-bond donors (Lipinski definition) is 0. The Hall–Kier alpha value is 0.877. The summed E-state index contributed by atoms with van der Waals surface area (Å²) in [5.41, 5.74) is 2.09. The second kappa shape index (κ2) is 13.9. The minimum atomic E-state index is 0. The second-order valence-corrected chi connectivity index (χ2v) is 2.12. The average Bonchev–Trinajstić information content (AvgIpc) is 2.05. The van der Waals surface area contributed by atoms with Crippen LogP contribution in [0.1, 0.15) is 11.4 Å². The van der Waals surface area contributed by atoms with Crippen LogP contribution in [0.3, 0.4) is 0 Å². The maximum atomic E-state index is 4.28. The maximum Gasteiger partial charge on any atom is 4.00 e. The normalized spacial score (nSPS) is 7.00. The Morgan fingerprint density at radius 3 is 1.64 bits per heavy atom. The summed E-state index contributed by atoms with van der Waals surface area (Å²) < 4.78 is 0. The van der Waals surface area contributed by atoms with E-state index in [9.17, 15) is 0 Å². The first-order chi connectivity index (χ1) is 4.86. The van der Waals surface area contributed by atoms with Gasteiger partial charge in [0, 0.05) is 44.1 Å². The molecule has 0 saturated heterocycles. The van der Waals surface area contributed by atoms with E-state index in [1.54, 1.807) is 0 Å². The molecule has 3 heteroatoms. The smallest absolute Gasteiger partial charge is 0.358 e. The molecule has 0 N–H and O–H groups in total. The van der Waals surface area contributed by atoms with Gasteiger partial charge in [-0.15, -0.1) is 12.8 Å². The average molecular weight is 353 g/mol. The summed E-state index contributed by atoms with van der Waals surface area (Å²) in [5, 5.41) is 0. The zero-order valence-corrected chi connectivity index (χ0v) is 13.5. The minimum Gasteiger partial charge on any atom is -0.358 e. The van der Waals surface area contributed by atoms with Crippen molar-refractivity contribution in [2.24, 2.45) is 0 Å². The number of aromatic nitrogens is 1. The molecule has 1 aromatic heterocycles. The quantitative estimate of drug-likeness (QED) is 0.589. The van der Waals surface area contributed by atoms with Crippen molar-refractivity contribution in [3.8, 4) is 0 Å². The van der Waals surface area contributed by atoms with E-state index in [1.165, 1.54) is 0 Å². The maximum absolute atomic E-state index is 4.28. The van der Waals surface area contributed by atoms with Gasteiger partial charge in [-0.05, 0) is 12.1 Å². The van der Waals surface area contributed by atoms with E-state index in [4.69, 9.17) is 0 Å². The van der Waals surface area contributed by atoms with Crippen molar-refractivity contribution in [2.45, 2.75) is 12.8 Å². The molecule has 0 bridgehead atoms. The summed E-state index contributed by atoms with van der Waals surface area (Å²) >= 11 is 0. The topological polar surface area (TPSA) is 12.9 Å². The Balaban J connectivity index is -0.000000125. The molecule has 1 rings (SSSR count). The van der Waals surface area contributed by atoms with Crippen LogP contribution in [0.2, 0.25) is 0 Å². The van der Waals surface area contributed by atoms with E-state index in [0.717, 1.165) is 24.2 Å². The fourth-order valence-electron chi connectivity index (χ4n) is 0.808. The molecule has 0 aliphatic heterocycles. The molecule has 1 nitrogen and oxygen atoms in total. The molecule has 1 aromatic rings. The van der Waals surface area contributed by atoms with E-state index in [2.05, 4.69) is 18.8 Å². The summed E-state index contributed by atoms with van der Waals surface area (Å²) in [7, 11) is 0. The molecule has 0 amide bonds. The van der Waals surface area contributed by atoms with Crippen molar-refractivity contribution in [1.82, 2.24) is 4.98 Å². The molecule has 0 aliphatic rings. The fraction of sp³-hybridized carbons (Fsp3) is 0.182. The molecular weight excluding hydrogens is 336 g/mol. The predicted molar refractivity (Wildman–Crippen MR) is 55.2 cm³/mol. The SMILES string of the molecule is [CH2-]Cc1cccc(C[CH2-])n1.[CH3-].[CH3-].[Ru+4].[Y]. The van der Waals surface area contributed by atoms with Crippen molar-refractivity contribution in [2.75, 3.05) is 0 Å². The summed E-state index contributed by atoms with van der Waals surface area (Å²) in [6, 6.07) is 5.95. The van der Waals surface area contributed by atoms with Gasteiger partial charge in [0.2, 0.25) is 0 Å². The number of nitrogens with zero attached hydrogens (tertiary/aromatic N) is 1. The molecular formula is C11H17NRuY. The molecule has 0 spiro atoms. The molecule has 0 atom stereocenters. The Kier molecular flexibility index (Phi) is 24.0. The van der Waals surface area contributed by atoms with Crippen molar-refractivity contribution < 1.29 is 52.2 Å². The van der Waals surface area contributed by atoms with E-state index >= 15 is 0 Å². The van der Waals surface area contributed by atoms with Crippen LogP contribution in [0.5, 0.6) is 0 Å². The largest absolute Gasteiger partial charge is 4.00 e. The molecule has 0 aliphatic carbocycles. The molecule has 77 valence electrons. The molecule has 1 heterocycles. The van der Waals surface area contributed by atoms with Crippen LogP contribution in [0.4, 0.5) is 0 Å². The second-order valence-electron chi connectivity index (χ2n) is 2.12. The van der Waals surface area contributed by atoms with E-state index in [1.807, 2.05) is 18.2 Å². The molecule has 14 heavy (non-hydrogen) atoms. The van der Waals surface area contributed by atoms with Gasteiger partial charge in [-0.1, -0.05) is 6.07 Å². The zero-order valence-electron chi connectivity index (χ0n) is 8.94. The third kappa shape index (κ3) is 8.21. The van der Waals surface area contributed by atoms with E-state index < -0.39 is 0 Å². The minimum absolute atomic E-state index is 0. The van der Waals surface area contributed by atoms with E-state index in [0.29, 0.717) is 0 Å². The fourth-order valence-corrected chi connectivity index (χ4v) is 0.808. The van der Waals surface area contributed by atoms with Gasteiger partial charge < -0.3 is 28.7 Å². The van der Waals surface area contributed by atoms with Crippen molar-refractivity contribution in [3.63, 3.8) is 0 Å². The third-order valence-electron chi connectivity index (χ3n) is 1.38. The van der Waals surface area contributed by atoms with Crippen LogP contribution in [0.25, 0.3) is 0 Å². The first-order valence-electron chi connectivity index (χ1n) is 3.40. The molecule has 0 aromatic carbocycles. The summed E-state index contributed by atoms with van der Waals surface area (Å²) in [6.07, 6.45) is 1.52. The van der Waals surface area contributed by atoms with Gasteiger partial charge in [-0.3, -0.25) is 4.98 Å². The summed E-state index contributed by atoms with van der Waals surface area (Å²) in [6.45, 7) is 7.50. The predicted octanol–water partition coefficient (Wildman–Crippen LogP) is 2.73. The number of rotatable bonds is 2. The van der Waals surface area contributed by atoms with Gasteiger partial charge in [-0.2, -0.15) is 0 Å². The third-order valence-corrected chi connectivity index (χ3v) is 1.38. The van der Waals surface area contributed by atoms with Gasteiger partial charge in [0.05, 0.1) is 0 Å². The monoisotopic (exact) mass is 354 g/mol. The number of hydrogen-bond acceptors (Lipinski definition) is 1. The first-order valence-corrected chi connectivity index (χ1v) is 3.40. The Morgan fingerprint density at radius 2 is 1.36 bits per heavy atom. The van der Waals surface area contributed by atoms with Crippen LogP contribution in [0, 0.1) is 28.7 Å². The van der Waals surface area contributed by atoms with Crippen molar-refractivity contribution >= 4 is 0 Å². The van der Waals surface area contributed by atoms with Crippen LogP contribution >= 0.6 is 0 Å². The first kappa shape index (κ1) is 24.2. The van der Waals surface area contributed by atoms with Crippen LogP contribution in [-0.2, 0) is 65.0 Å². The summed E-state index contributed by atoms with van der Waals surface area (Å²) in [4.78, 5) is 4.28. The van der Waals surface area contributed by atoms with Gasteiger partial charge in [-0.25, -0.2) is 0 Å². The van der Waals surface area contributed by atoms with Crippen LogP contribution in [-0.4, -0.2) is 4.98 Å². The van der Waals surface area contributed by atoms with Crippen LogP contribution < -0.4 is 0 Å².